The first kappa shape index (κ1) is 13.8. The molecule has 1 aromatic rings. The number of aromatic nitrogens is 2. The third-order valence-corrected chi connectivity index (χ3v) is 4.28. The molecule has 0 amide bonds. The molecular formula is C13H22N4O2. The predicted molar refractivity (Wildman–Crippen MR) is 73.7 cm³/mol. The molecule has 0 bridgehead atoms. The lowest BCUT2D eigenvalue weighted by molar-refractivity contribution is -0.384. The highest BCUT2D eigenvalue weighted by molar-refractivity contribution is 5.51. The molecule has 2 N–H and O–H groups in total. The lowest BCUT2D eigenvalue weighted by atomic mass is 9.89. The maximum Gasteiger partial charge on any atom is 0.330 e. The van der Waals surface area contributed by atoms with Gasteiger partial charge in [0.2, 0.25) is 5.82 Å². The average molecular weight is 266 g/mol. The second-order valence-electron chi connectivity index (χ2n) is 5.78. The standard InChI is InChI=1S/C13H22N4O2/c1-9(2)10-4-3-5-11(7-6-10)16-13(14)12(8-15-16)17(18)19/h8-11H,3-7,14H2,1-2H3. The van der Waals surface area contributed by atoms with Gasteiger partial charge in [-0.1, -0.05) is 26.7 Å². The van der Waals surface area contributed by atoms with E-state index in [0.717, 1.165) is 31.6 Å². The smallest absolute Gasteiger partial charge is 0.330 e. The number of nitrogens with zero attached hydrogens (tertiary/aromatic N) is 3. The summed E-state index contributed by atoms with van der Waals surface area (Å²) in [5, 5.41) is 14.9. The van der Waals surface area contributed by atoms with E-state index < -0.39 is 4.92 Å². The van der Waals surface area contributed by atoms with Crippen molar-refractivity contribution in [3.63, 3.8) is 0 Å². The summed E-state index contributed by atoms with van der Waals surface area (Å²) >= 11 is 0. The summed E-state index contributed by atoms with van der Waals surface area (Å²) in [6.45, 7) is 4.52. The summed E-state index contributed by atoms with van der Waals surface area (Å²) in [5.74, 6) is 1.64. The van der Waals surface area contributed by atoms with Crippen LogP contribution >= 0.6 is 0 Å². The number of hydrogen-bond donors (Lipinski definition) is 1. The molecule has 6 nitrogen and oxygen atoms in total. The van der Waals surface area contributed by atoms with Gasteiger partial charge >= 0.3 is 5.69 Å². The van der Waals surface area contributed by atoms with Crippen LogP contribution in [0.3, 0.4) is 0 Å². The molecule has 1 aliphatic rings. The van der Waals surface area contributed by atoms with E-state index in [9.17, 15) is 10.1 Å². The summed E-state index contributed by atoms with van der Waals surface area (Å²) in [4.78, 5) is 10.3. The fourth-order valence-electron chi connectivity index (χ4n) is 3.02. The first-order chi connectivity index (χ1) is 9.00. The summed E-state index contributed by atoms with van der Waals surface area (Å²) < 4.78 is 1.65. The van der Waals surface area contributed by atoms with Crippen LogP contribution in [0, 0.1) is 22.0 Å². The highest BCUT2D eigenvalue weighted by atomic mass is 16.6. The van der Waals surface area contributed by atoms with Crippen molar-refractivity contribution in [1.29, 1.82) is 0 Å². The van der Waals surface area contributed by atoms with Crippen molar-refractivity contribution in [1.82, 2.24) is 9.78 Å². The van der Waals surface area contributed by atoms with Gasteiger partial charge in [-0.25, -0.2) is 4.68 Å². The molecule has 1 aromatic heterocycles. The fraction of sp³-hybridized carbons (Fsp3) is 0.769. The van der Waals surface area contributed by atoms with E-state index in [1.165, 1.54) is 12.6 Å². The van der Waals surface area contributed by atoms with E-state index in [0.29, 0.717) is 5.92 Å². The van der Waals surface area contributed by atoms with Crippen LogP contribution in [-0.4, -0.2) is 14.7 Å². The molecule has 2 atom stereocenters. The minimum atomic E-state index is -0.466. The van der Waals surface area contributed by atoms with Gasteiger partial charge in [0.1, 0.15) is 6.20 Å². The molecule has 0 radical (unpaired) electrons. The van der Waals surface area contributed by atoms with Gasteiger partial charge in [-0.05, 0) is 31.1 Å². The Labute approximate surface area is 113 Å². The molecule has 19 heavy (non-hydrogen) atoms. The van der Waals surface area contributed by atoms with Crippen LogP contribution in [0.2, 0.25) is 0 Å². The van der Waals surface area contributed by atoms with E-state index in [2.05, 4.69) is 18.9 Å². The average Bonchev–Trinajstić information content (AvgIpc) is 2.60. The molecule has 0 saturated heterocycles. The van der Waals surface area contributed by atoms with E-state index in [-0.39, 0.29) is 17.5 Å². The first-order valence-corrected chi connectivity index (χ1v) is 6.98. The molecule has 0 aromatic carbocycles. The lowest BCUT2D eigenvalue weighted by Gasteiger charge is -2.19. The second kappa shape index (κ2) is 5.59. The molecule has 2 unspecified atom stereocenters. The van der Waals surface area contributed by atoms with E-state index in [1.54, 1.807) is 4.68 Å². The SMILES string of the molecule is CC(C)C1CCCC(n2ncc([N+](=O)[O-])c2N)CC1. The van der Waals surface area contributed by atoms with Crippen LogP contribution in [0.5, 0.6) is 0 Å². The van der Waals surface area contributed by atoms with Gasteiger partial charge in [-0.2, -0.15) is 5.10 Å². The summed E-state index contributed by atoms with van der Waals surface area (Å²) in [6.07, 6.45) is 6.80. The van der Waals surface area contributed by atoms with Gasteiger partial charge in [0.25, 0.3) is 0 Å². The Balaban J connectivity index is 2.12. The molecule has 1 heterocycles. The molecular weight excluding hydrogens is 244 g/mol. The molecule has 106 valence electrons. The highest BCUT2D eigenvalue weighted by Crippen LogP contribution is 2.36. The van der Waals surface area contributed by atoms with Crippen molar-refractivity contribution in [2.24, 2.45) is 11.8 Å². The normalized spacial score (nSPS) is 24.4. The van der Waals surface area contributed by atoms with Crippen LogP contribution in [0.15, 0.2) is 6.20 Å². The van der Waals surface area contributed by atoms with Crippen LogP contribution < -0.4 is 5.73 Å². The highest BCUT2D eigenvalue weighted by Gasteiger charge is 2.26. The Morgan fingerprint density at radius 3 is 2.74 bits per heavy atom. The van der Waals surface area contributed by atoms with Crippen molar-refractivity contribution in [3.05, 3.63) is 16.3 Å². The Hall–Kier alpha value is -1.59. The van der Waals surface area contributed by atoms with Gasteiger partial charge in [-0.3, -0.25) is 10.1 Å². The van der Waals surface area contributed by atoms with Gasteiger partial charge in [-0.15, -0.1) is 0 Å². The monoisotopic (exact) mass is 266 g/mol. The maximum atomic E-state index is 10.8. The van der Waals surface area contributed by atoms with Crippen molar-refractivity contribution in [2.45, 2.75) is 52.0 Å². The summed E-state index contributed by atoms with van der Waals surface area (Å²) in [5.41, 5.74) is 5.76. The van der Waals surface area contributed by atoms with Crippen molar-refractivity contribution in [3.8, 4) is 0 Å². The zero-order valence-corrected chi connectivity index (χ0v) is 11.6. The van der Waals surface area contributed by atoms with Crippen LogP contribution in [-0.2, 0) is 0 Å². The van der Waals surface area contributed by atoms with Crippen molar-refractivity contribution >= 4 is 11.5 Å². The maximum absolute atomic E-state index is 10.8. The second-order valence-corrected chi connectivity index (χ2v) is 5.78. The Bertz CT molecular complexity index is 455. The minimum Gasteiger partial charge on any atom is -0.378 e. The number of nitro groups is 1. The number of nitrogens with two attached hydrogens (primary N) is 1. The lowest BCUT2D eigenvalue weighted by Crippen LogP contribution is -2.13. The van der Waals surface area contributed by atoms with E-state index >= 15 is 0 Å². The minimum absolute atomic E-state index is 0.0790. The van der Waals surface area contributed by atoms with Crippen molar-refractivity contribution < 1.29 is 4.92 Å². The predicted octanol–water partition coefficient (Wildman–Crippen LogP) is 3.15. The Kier molecular flexibility index (Phi) is 4.07. The van der Waals surface area contributed by atoms with Crippen molar-refractivity contribution in [2.75, 3.05) is 5.73 Å². The molecule has 1 fully saturated rings. The topological polar surface area (TPSA) is 87.0 Å². The van der Waals surface area contributed by atoms with E-state index in [1.807, 2.05) is 0 Å². The Morgan fingerprint density at radius 1 is 1.42 bits per heavy atom. The van der Waals surface area contributed by atoms with Gasteiger partial charge in [0.05, 0.1) is 11.0 Å². The third-order valence-electron chi connectivity index (χ3n) is 4.28. The molecule has 1 aliphatic carbocycles. The molecule has 2 rings (SSSR count). The van der Waals surface area contributed by atoms with Gasteiger partial charge in [0.15, 0.2) is 0 Å². The van der Waals surface area contributed by atoms with Crippen LogP contribution in [0.4, 0.5) is 11.5 Å². The van der Waals surface area contributed by atoms with Crippen LogP contribution in [0.25, 0.3) is 0 Å². The third kappa shape index (κ3) is 2.88. The van der Waals surface area contributed by atoms with E-state index in [4.69, 9.17) is 5.73 Å². The molecule has 0 spiro atoms. The van der Waals surface area contributed by atoms with Gasteiger partial charge in [0, 0.05) is 0 Å². The quantitative estimate of drug-likeness (QED) is 0.517. The Morgan fingerprint density at radius 2 is 2.16 bits per heavy atom. The first-order valence-electron chi connectivity index (χ1n) is 6.98. The number of nitrogen functional groups attached to an aromatic ring is 1. The fourth-order valence-corrected chi connectivity index (χ4v) is 3.02. The largest absolute Gasteiger partial charge is 0.378 e. The molecule has 1 saturated carbocycles. The molecule has 6 heteroatoms. The zero-order valence-electron chi connectivity index (χ0n) is 11.6. The molecule has 0 aliphatic heterocycles. The summed E-state index contributed by atoms with van der Waals surface area (Å²) in [6, 6.07) is 0.206. The zero-order chi connectivity index (χ0) is 14.0. The van der Waals surface area contributed by atoms with Crippen LogP contribution in [0.1, 0.15) is 52.0 Å². The summed E-state index contributed by atoms with van der Waals surface area (Å²) in [7, 11) is 0. The number of anilines is 1. The van der Waals surface area contributed by atoms with Gasteiger partial charge < -0.3 is 5.73 Å². The number of rotatable bonds is 3. The number of hydrogen-bond acceptors (Lipinski definition) is 4.